The number of carbonyl (C=O) groups is 1. The number of aliphatic hydroxyl groups excluding tert-OH is 3. The highest BCUT2D eigenvalue weighted by atomic mass is 32.2. The second-order valence-electron chi connectivity index (χ2n) is 9.29. The van der Waals surface area contributed by atoms with Gasteiger partial charge >= 0.3 is 0 Å². The summed E-state index contributed by atoms with van der Waals surface area (Å²) in [6, 6.07) is -0.465. The summed E-state index contributed by atoms with van der Waals surface area (Å²) >= 11 is 1.28. The number of aliphatic hydroxyl groups is 3. The first kappa shape index (κ1) is 24.2. The zero-order valence-electron chi connectivity index (χ0n) is 18.5. The Balaban J connectivity index is 1.74. The van der Waals surface area contributed by atoms with Crippen LogP contribution >= 0.6 is 11.8 Å². The van der Waals surface area contributed by atoms with Crippen LogP contribution in [0.4, 0.5) is 0 Å². The van der Waals surface area contributed by atoms with Crippen molar-refractivity contribution in [1.29, 1.82) is 0 Å². The van der Waals surface area contributed by atoms with Gasteiger partial charge in [0.2, 0.25) is 5.91 Å². The van der Waals surface area contributed by atoms with Gasteiger partial charge in [-0.05, 0) is 51.8 Å². The average molecular weight is 446 g/mol. The summed E-state index contributed by atoms with van der Waals surface area (Å²) in [6.45, 7) is 5.05. The Kier molecular flexibility index (Phi) is 8.45. The van der Waals surface area contributed by atoms with Gasteiger partial charge in [0.05, 0.1) is 12.1 Å². The van der Waals surface area contributed by atoms with E-state index in [-0.39, 0.29) is 18.0 Å². The van der Waals surface area contributed by atoms with Gasteiger partial charge in [0, 0.05) is 18.6 Å². The number of carbonyl (C=O) groups excluding carboxylic acids is 1. The Hall–Kier alpha value is -0.420. The number of likely N-dealkylation sites (N-methyl/N-ethyl adjacent to an activating group) is 1. The number of hydrogen-bond acceptors (Lipinski definition) is 8. The third-order valence-electron chi connectivity index (χ3n) is 6.75. The lowest BCUT2D eigenvalue weighted by atomic mass is 9.90. The summed E-state index contributed by atoms with van der Waals surface area (Å²) in [5.41, 5.74) is -0.663. The Morgan fingerprint density at radius 1 is 1.23 bits per heavy atom. The van der Waals surface area contributed by atoms with Gasteiger partial charge in [-0.3, -0.25) is 9.69 Å². The van der Waals surface area contributed by atoms with Crippen LogP contribution in [0, 0.1) is 5.92 Å². The van der Waals surface area contributed by atoms with Crippen molar-refractivity contribution in [3.8, 4) is 0 Å². The van der Waals surface area contributed by atoms with Crippen LogP contribution in [0.2, 0.25) is 0 Å². The van der Waals surface area contributed by atoms with Crippen LogP contribution in [0.5, 0.6) is 0 Å². The normalized spacial score (nSPS) is 39.6. The second-order valence-corrected chi connectivity index (χ2v) is 10.2. The van der Waals surface area contributed by atoms with Crippen molar-refractivity contribution in [2.45, 2.75) is 100.0 Å². The number of hydrogen-bond donors (Lipinski definition) is 5. The van der Waals surface area contributed by atoms with Crippen LogP contribution in [-0.2, 0) is 9.53 Å². The molecule has 0 aromatic carbocycles. The van der Waals surface area contributed by atoms with Crippen LogP contribution in [0.15, 0.2) is 0 Å². The van der Waals surface area contributed by atoms with Gasteiger partial charge in [0.1, 0.15) is 29.9 Å². The highest BCUT2D eigenvalue weighted by molar-refractivity contribution is 7.99. The molecule has 3 rings (SSSR count). The molecule has 1 saturated carbocycles. The van der Waals surface area contributed by atoms with Crippen molar-refractivity contribution in [3.05, 3.63) is 0 Å². The van der Waals surface area contributed by atoms with Crippen LogP contribution in [0.1, 0.15) is 46.0 Å². The lowest BCUT2D eigenvalue weighted by molar-refractivity contribution is -0.207. The van der Waals surface area contributed by atoms with Gasteiger partial charge in [0.25, 0.3) is 0 Å². The topological polar surface area (TPSA) is 114 Å². The Morgan fingerprint density at radius 3 is 2.53 bits per heavy atom. The monoisotopic (exact) mass is 445 g/mol. The van der Waals surface area contributed by atoms with Gasteiger partial charge < -0.3 is 30.7 Å². The molecule has 3 unspecified atom stereocenters. The van der Waals surface area contributed by atoms with E-state index in [1.54, 1.807) is 6.26 Å². The van der Waals surface area contributed by atoms with Gasteiger partial charge in [-0.2, -0.15) is 0 Å². The molecule has 8 nitrogen and oxygen atoms in total. The van der Waals surface area contributed by atoms with Gasteiger partial charge in [-0.25, -0.2) is 0 Å². The lowest BCUT2D eigenvalue weighted by Crippen LogP contribution is -2.67. The highest BCUT2D eigenvalue weighted by Crippen LogP contribution is 2.31. The van der Waals surface area contributed by atoms with Crippen molar-refractivity contribution in [2.24, 2.45) is 5.92 Å². The SMILES string of the molecule is CCC[C@@H]1C[C@@H](C(=O)N[C@H]([C@H](C)NC2CC2)[C@H]2OC(SC)[C@H](O)C(O)C2O)N(C)C1. The van der Waals surface area contributed by atoms with Crippen LogP contribution in [-0.4, -0.2) is 100.0 Å². The molecule has 2 saturated heterocycles. The Labute approximate surface area is 184 Å². The number of nitrogens with one attached hydrogen (secondary N) is 2. The zero-order valence-corrected chi connectivity index (χ0v) is 19.3. The fourth-order valence-electron chi connectivity index (χ4n) is 4.87. The third kappa shape index (κ3) is 5.49. The smallest absolute Gasteiger partial charge is 0.237 e. The molecular weight excluding hydrogens is 406 g/mol. The van der Waals surface area contributed by atoms with Crippen LogP contribution in [0.25, 0.3) is 0 Å². The van der Waals surface area contributed by atoms with Crippen molar-refractivity contribution >= 4 is 17.7 Å². The molecule has 2 aliphatic heterocycles. The summed E-state index contributed by atoms with van der Waals surface area (Å²) in [4.78, 5) is 15.3. The van der Waals surface area contributed by atoms with E-state index in [0.29, 0.717) is 12.0 Å². The number of rotatable bonds is 9. The Bertz CT molecular complexity index is 579. The van der Waals surface area contributed by atoms with E-state index in [4.69, 9.17) is 4.74 Å². The number of amides is 1. The molecule has 9 atom stereocenters. The summed E-state index contributed by atoms with van der Waals surface area (Å²) in [5.74, 6) is 0.452. The fraction of sp³-hybridized carbons (Fsp3) is 0.952. The Morgan fingerprint density at radius 2 is 1.93 bits per heavy atom. The molecule has 30 heavy (non-hydrogen) atoms. The third-order valence-corrected chi connectivity index (χ3v) is 7.61. The summed E-state index contributed by atoms with van der Waals surface area (Å²) in [5, 5.41) is 37.9. The molecular formula is C21H39N3O5S. The number of nitrogens with zero attached hydrogens (tertiary/aromatic N) is 1. The molecule has 5 N–H and O–H groups in total. The molecule has 174 valence electrons. The first-order chi connectivity index (χ1) is 14.3. The van der Waals surface area contributed by atoms with E-state index in [1.807, 2.05) is 14.0 Å². The minimum Gasteiger partial charge on any atom is -0.388 e. The van der Waals surface area contributed by atoms with Crippen molar-refractivity contribution in [3.63, 3.8) is 0 Å². The average Bonchev–Trinajstić information content (AvgIpc) is 3.45. The molecule has 2 heterocycles. The van der Waals surface area contributed by atoms with Crippen molar-refractivity contribution in [1.82, 2.24) is 15.5 Å². The summed E-state index contributed by atoms with van der Waals surface area (Å²) < 4.78 is 6.00. The molecule has 3 aliphatic rings. The predicted octanol–water partition coefficient (Wildman–Crippen LogP) is -0.0973. The van der Waals surface area contributed by atoms with E-state index in [1.165, 1.54) is 11.8 Å². The van der Waals surface area contributed by atoms with E-state index in [2.05, 4.69) is 22.5 Å². The quantitative estimate of drug-likeness (QED) is 0.334. The van der Waals surface area contributed by atoms with E-state index in [9.17, 15) is 20.1 Å². The molecule has 1 amide bonds. The van der Waals surface area contributed by atoms with E-state index in [0.717, 1.165) is 38.6 Å². The van der Waals surface area contributed by atoms with Crippen LogP contribution < -0.4 is 10.6 Å². The number of likely N-dealkylation sites (tertiary alicyclic amines) is 1. The minimum atomic E-state index is -1.32. The maximum atomic E-state index is 13.2. The zero-order chi connectivity index (χ0) is 22.0. The first-order valence-corrected chi connectivity index (χ1v) is 12.5. The highest BCUT2D eigenvalue weighted by Gasteiger charge is 2.49. The standard InChI is InChI=1S/C21H39N3O5S/c1-5-6-12-9-14(24(3)10-12)20(28)23-15(11(2)22-13-7-8-13)19-17(26)16(25)18(27)21(29-19)30-4/h11-19,21-22,25-27H,5-10H2,1-4H3,(H,23,28)/t11-,12+,14-,15+,16?,17?,18+,19+,21?/m0/s1. The molecule has 3 fully saturated rings. The molecule has 9 heteroatoms. The molecule has 0 aromatic heterocycles. The van der Waals surface area contributed by atoms with E-state index < -0.39 is 35.9 Å². The lowest BCUT2D eigenvalue weighted by Gasteiger charge is -2.45. The number of ether oxygens (including phenoxy) is 1. The van der Waals surface area contributed by atoms with Crippen molar-refractivity contribution < 1.29 is 24.9 Å². The predicted molar refractivity (Wildman–Crippen MR) is 117 cm³/mol. The van der Waals surface area contributed by atoms with Crippen LogP contribution in [0.3, 0.4) is 0 Å². The molecule has 0 aromatic rings. The molecule has 0 radical (unpaired) electrons. The van der Waals surface area contributed by atoms with Gasteiger partial charge in [-0.1, -0.05) is 13.3 Å². The summed E-state index contributed by atoms with van der Waals surface area (Å²) in [6.07, 6.45) is 2.43. The second kappa shape index (κ2) is 10.5. The van der Waals surface area contributed by atoms with Gasteiger partial charge in [-0.15, -0.1) is 11.8 Å². The van der Waals surface area contributed by atoms with Crippen molar-refractivity contribution in [2.75, 3.05) is 19.8 Å². The summed E-state index contributed by atoms with van der Waals surface area (Å²) in [7, 11) is 1.98. The largest absolute Gasteiger partial charge is 0.388 e. The maximum absolute atomic E-state index is 13.2. The molecule has 0 spiro atoms. The maximum Gasteiger partial charge on any atom is 0.237 e. The van der Waals surface area contributed by atoms with E-state index >= 15 is 0 Å². The molecule has 0 bridgehead atoms. The molecule has 1 aliphatic carbocycles. The minimum absolute atomic E-state index is 0.0670. The first-order valence-electron chi connectivity index (χ1n) is 11.3. The fourth-order valence-corrected chi connectivity index (χ4v) is 5.55. The number of thioether (sulfide) groups is 1. The van der Waals surface area contributed by atoms with Gasteiger partial charge in [0.15, 0.2) is 0 Å².